The number of halogens is 2. The van der Waals surface area contributed by atoms with Gasteiger partial charge in [0.15, 0.2) is 0 Å². The van der Waals surface area contributed by atoms with Crippen LogP contribution in [0.25, 0.3) is 0 Å². The van der Waals surface area contributed by atoms with Crippen molar-refractivity contribution in [3.05, 3.63) is 35.9 Å². The van der Waals surface area contributed by atoms with Crippen molar-refractivity contribution in [2.75, 3.05) is 33.7 Å². The van der Waals surface area contributed by atoms with Gasteiger partial charge in [-0.25, -0.2) is 0 Å². The van der Waals surface area contributed by atoms with Gasteiger partial charge in [-0.1, -0.05) is 44.2 Å². The van der Waals surface area contributed by atoms with Crippen LogP contribution in [-0.2, 0) is 11.3 Å². The molecule has 1 aliphatic rings. The lowest BCUT2D eigenvalue weighted by atomic mass is 9.84. The van der Waals surface area contributed by atoms with Crippen LogP contribution in [0.4, 0.5) is 0 Å². The van der Waals surface area contributed by atoms with Crippen LogP contribution in [0.15, 0.2) is 30.3 Å². The van der Waals surface area contributed by atoms with Gasteiger partial charge < -0.3 is 10.2 Å². The molecule has 1 fully saturated rings. The first kappa shape index (κ1) is 23.2. The van der Waals surface area contributed by atoms with Gasteiger partial charge in [-0.15, -0.1) is 24.8 Å². The van der Waals surface area contributed by atoms with Crippen molar-refractivity contribution in [1.29, 1.82) is 0 Å². The standard InChI is InChI=1S/C18H29N3O.2ClH/c1-14-11-21(13-16-8-6-5-7-9-16)12-15(2)18(14)20(4)17(22)10-19-3;;/h5-9,14-15,18-19H,10-13H2,1-4H3;2*1H. The van der Waals surface area contributed by atoms with E-state index in [9.17, 15) is 4.79 Å². The Balaban J connectivity index is 0.00000264. The second-order valence-electron chi connectivity index (χ2n) is 6.66. The summed E-state index contributed by atoms with van der Waals surface area (Å²) in [6, 6.07) is 10.9. The van der Waals surface area contributed by atoms with Crippen LogP contribution in [-0.4, -0.2) is 55.5 Å². The Labute approximate surface area is 158 Å². The first-order chi connectivity index (χ1) is 10.5. The van der Waals surface area contributed by atoms with E-state index >= 15 is 0 Å². The van der Waals surface area contributed by atoms with E-state index < -0.39 is 0 Å². The third-order valence-electron chi connectivity index (χ3n) is 4.68. The minimum absolute atomic E-state index is 0. The van der Waals surface area contributed by atoms with Crippen molar-refractivity contribution in [3.63, 3.8) is 0 Å². The molecule has 6 heteroatoms. The SMILES string of the molecule is CNCC(=O)N(C)C1C(C)CN(Cc2ccccc2)CC1C.Cl.Cl. The van der Waals surface area contributed by atoms with Crippen molar-refractivity contribution in [1.82, 2.24) is 15.1 Å². The van der Waals surface area contributed by atoms with Crippen LogP contribution in [0.5, 0.6) is 0 Å². The first-order valence-electron chi connectivity index (χ1n) is 8.19. The van der Waals surface area contributed by atoms with Gasteiger partial charge in [-0.3, -0.25) is 9.69 Å². The van der Waals surface area contributed by atoms with Crippen molar-refractivity contribution < 1.29 is 4.79 Å². The first-order valence-corrected chi connectivity index (χ1v) is 8.19. The topological polar surface area (TPSA) is 35.6 Å². The van der Waals surface area contributed by atoms with Crippen LogP contribution in [0.2, 0.25) is 0 Å². The summed E-state index contributed by atoms with van der Waals surface area (Å²) in [4.78, 5) is 16.6. The maximum Gasteiger partial charge on any atom is 0.236 e. The lowest BCUT2D eigenvalue weighted by Crippen LogP contribution is -2.56. The lowest BCUT2D eigenvalue weighted by Gasteiger charge is -2.45. The predicted octanol–water partition coefficient (Wildman–Crippen LogP) is 2.66. The summed E-state index contributed by atoms with van der Waals surface area (Å²) in [5.41, 5.74) is 1.36. The molecular formula is C18H31Cl2N3O. The molecule has 1 amide bonds. The van der Waals surface area contributed by atoms with E-state index in [1.54, 1.807) is 0 Å². The van der Waals surface area contributed by atoms with E-state index in [1.165, 1.54) is 5.56 Å². The normalized spacial score (nSPS) is 23.8. The smallest absolute Gasteiger partial charge is 0.236 e. The van der Waals surface area contributed by atoms with E-state index in [2.05, 4.69) is 54.4 Å². The van der Waals surface area contributed by atoms with Gasteiger partial charge in [-0.2, -0.15) is 0 Å². The highest BCUT2D eigenvalue weighted by atomic mass is 35.5. The molecule has 0 spiro atoms. The molecule has 24 heavy (non-hydrogen) atoms. The fourth-order valence-corrected chi connectivity index (χ4v) is 3.84. The average molecular weight is 376 g/mol. The predicted molar refractivity (Wildman–Crippen MR) is 105 cm³/mol. The summed E-state index contributed by atoms with van der Waals surface area (Å²) in [6.45, 7) is 8.03. The summed E-state index contributed by atoms with van der Waals surface area (Å²) in [7, 11) is 3.77. The molecule has 4 nitrogen and oxygen atoms in total. The van der Waals surface area contributed by atoms with E-state index in [1.807, 2.05) is 19.0 Å². The monoisotopic (exact) mass is 375 g/mol. The van der Waals surface area contributed by atoms with E-state index in [0.29, 0.717) is 24.4 Å². The second kappa shape index (κ2) is 10.9. The van der Waals surface area contributed by atoms with Crippen molar-refractivity contribution >= 4 is 30.7 Å². The maximum atomic E-state index is 12.2. The van der Waals surface area contributed by atoms with E-state index in [4.69, 9.17) is 0 Å². The number of hydrogen-bond donors (Lipinski definition) is 1. The third kappa shape index (κ3) is 5.92. The van der Waals surface area contributed by atoms with Gasteiger partial charge in [0, 0.05) is 32.7 Å². The zero-order valence-electron chi connectivity index (χ0n) is 15.1. The quantitative estimate of drug-likeness (QED) is 0.858. The highest BCUT2D eigenvalue weighted by Crippen LogP contribution is 2.27. The number of carbonyl (C=O) groups excluding carboxylic acids is 1. The van der Waals surface area contributed by atoms with E-state index in [-0.39, 0.29) is 30.7 Å². The van der Waals surface area contributed by atoms with E-state index in [0.717, 1.165) is 19.6 Å². The molecule has 0 bridgehead atoms. The van der Waals surface area contributed by atoms with Crippen LogP contribution in [0.3, 0.4) is 0 Å². The number of piperidine rings is 1. The fraction of sp³-hybridized carbons (Fsp3) is 0.611. The van der Waals surface area contributed by atoms with Crippen molar-refractivity contribution in [3.8, 4) is 0 Å². The Morgan fingerprint density at radius 3 is 2.21 bits per heavy atom. The molecule has 1 saturated heterocycles. The van der Waals surface area contributed by atoms with Gasteiger partial charge in [0.25, 0.3) is 0 Å². The number of rotatable bonds is 5. The molecule has 0 aliphatic carbocycles. The molecule has 2 unspecified atom stereocenters. The third-order valence-corrected chi connectivity index (χ3v) is 4.68. The second-order valence-corrected chi connectivity index (χ2v) is 6.66. The number of carbonyl (C=O) groups is 1. The number of nitrogens with one attached hydrogen (secondary N) is 1. The Kier molecular flexibility index (Phi) is 10.6. The van der Waals surface area contributed by atoms with Crippen LogP contribution >= 0.6 is 24.8 Å². The number of likely N-dealkylation sites (N-methyl/N-ethyl adjacent to an activating group) is 2. The molecular weight excluding hydrogens is 345 g/mol. The van der Waals surface area contributed by atoms with Crippen LogP contribution in [0.1, 0.15) is 19.4 Å². The molecule has 0 radical (unpaired) electrons. The number of likely N-dealkylation sites (tertiary alicyclic amines) is 1. The Morgan fingerprint density at radius 1 is 1.17 bits per heavy atom. The highest BCUT2D eigenvalue weighted by molar-refractivity contribution is 5.85. The van der Waals surface area contributed by atoms with Crippen LogP contribution < -0.4 is 5.32 Å². The molecule has 1 heterocycles. The zero-order valence-corrected chi connectivity index (χ0v) is 16.7. The minimum atomic E-state index is 0. The minimum Gasteiger partial charge on any atom is -0.341 e. The Morgan fingerprint density at radius 2 is 1.71 bits per heavy atom. The molecule has 0 aromatic heterocycles. The van der Waals surface area contributed by atoms with Gasteiger partial charge in [0.1, 0.15) is 0 Å². The number of nitrogens with zero attached hydrogens (tertiary/aromatic N) is 2. The average Bonchev–Trinajstić information content (AvgIpc) is 2.47. The molecule has 0 saturated carbocycles. The van der Waals surface area contributed by atoms with Crippen molar-refractivity contribution in [2.24, 2.45) is 11.8 Å². The molecule has 1 aromatic carbocycles. The molecule has 138 valence electrons. The number of amides is 1. The van der Waals surface area contributed by atoms with Gasteiger partial charge in [-0.05, 0) is 24.4 Å². The van der Waals surface area contributed by atoms with Crippen molar-refractivity contribution in [2.45, 2.75) is 26.4 Å². The van der Waals surface area contributed by atoms with Gasteiger partial charge in [0.2, 0.25) is 5.91 Å². The van der Waals surface area contributed by atoms with Gasteiger partial charge >= 0.3 is 0 Å². The molecule has 2 atom stereocenters. The Bertz CT molecular complexity index is 474. The highest BCUT2D eigenvalue weighted by Gasteiger charge is 2.35. The number of hydrogen-bond acceptors (Lipinski definition) is 3. The summed E-state index contributed by atoms with van der Waals surface area (Å²) < 4.78 is 0. The van der Waals surface area contributed by atoms with Crippen LogP contribution in [0, 0.1) is 11.8 Å². The zero-order chi connectivity index (χ0) is 16.1. The number of benzene rings is 1. The summed E-state index contributed by atoms with van der Waals surface area (Å²) in [5.74, 6) is 1.15. The summed E-state index contributed by atoms with van der Waals surface area (Å²) in [5, 5.41) is 2.96. The Hall–Kier alpha value is -0.810. The fourth-order valence-electron chi connectivity index (χ4n) is 3.84. The molecule has 1 aromatic rings. The maximum absolute atomic E-state index is 12.2. The lowest BCUT2D eigenvalue weighted by molar-refractivity contribution is -0.134. The van der Waals surface area contributed by atoms with Gasteiger partial charge in [0.05, 0.1) is 6.54 Å². The molecule has 2 rings (SSSR count). The molecule has 1 aliphatic heterocycles. The summed E-state index contributed by atoms with van der Waals surface area (Å²) >= 11 is 0. The molecule has 1 N–H and O–H groups in total. The largest absolute Gasteiger partial charge is 0.341 e. The summed E-state index contributed by atoms with van der Waals surface area (Å²) in [6.07, 6.45) is 0.